The first kappa shape index (κ1) is 9.58. The summed E-state index contributed by atoms with van der Waals surface area (Å²) >= 11 is 0. The van der Waals surface area contributed by atoms with E-state index in [0.717, 1.165) is 17.9 Å². The maximum Gasteiger partial charge on any atom is 0.128 e. The minimum Gasteiger partial charge on any atom is -0.397 e. The van der Waals surface area contributed by atoms with Crippen LogP contribution in [0.4, 0.5) is 11.5 Å². The van der Waals surface area contributed by atoms with Crippen molar-refractivity contribution in [3.63, 3.8) is 0 Å². The molecule has 1 aromatic heterocycles. The summed E-state index contributed by atoms with van der Waals surface area (Å²) in [6.07, 6.45) is 1.66. The summed E-state index contributed by atoms with van der Waals surface area (Å²) in [6.45, 7) is 6.65. The number of aromatic nitrogens is 1. The second-order valence-corrected chi connectivity index (χ2v) is 3.26. The fourth-order valence-electron chi connectivity index (χ4n) is 1.11. The summed E-state index contributed by atoms with van der Waals surface area (Å²) in [5.74, 6) is 0.914. The summed E-state index contributed by atoms with van der Waals surface area (Å²) in [5.41, 5.74) is 7.33. The van der Waals surface area contributed by atoms with E-state index in [4.69, 9.17) is 5.73 Å². The molecule has 13 heavy (non-hydrogen) atoms. The fourth-order valence-corrected chi connectivity index (χ4v) is 1.11. The number of nitrogens with two attached hydrogens (primary N) is 1. The van der Waals surface area contributed by atoms with Crippen LogP contribution in [0.15, 0.2) is 30.5 Å². The molecular formula is C10H15N3. The molecule has 2 N–H and O–H groups in total. The molecule has 0 bridgehead atoms. The Morgan fingerprint density at radius 2 is 2.31 bits per heavy atom. The van der Waals surface area contributed by atoms with Crippen LogP contribution in [0.2, 0.25) is 0 Å². The van der Waals surface area contributed by atoms with Gasteiger partial charge in [0, 0.05) is 13.6 Å². The Hall–Kier alpha value is -1.51. The summed E-state index contributed by atoms with van der Waals surface area (Å²) in [7, 11) is 1.98. The first-order valence-electron chi connectivity index (χ1n) is 4.16. The summed E-state index contributed by atoms with van der Waals surface area (Å²) in [4.78, 5) is 6.22. The van der Waals surface area contributed by atoms with E-state index in [9.17, 15) is 0 Å². The number of anilines is 2. The van der Waals surface area contributed by atoms with Crippen molar-refractivity contribution in [3.05, 3.63) is 30.5 Å². The minimum absolute atomic E-state index is 0.687. The number of rotatable bonds is 3. The minimum atomic E-state index is 0.687. The lowest BCUT2D eigenvalue weighted by molar-refractivity contribution is 0.955. The summed E-state index contributed by atoms with van der Waals surface area (Å²) in [5, 5.41) is 0. The third-order valence-corrected chi connectivity index (χ3v) is 1.67. The predicted molar refractivity (Wildman–Crippen MR) is 56.7 cm³/mol. The van der Waals surface area contributed by atoms with Crippen LogP contribution in [0.25, 0.3) is 0 Å². The summed E-state index contributed by atoms with van der Waals surface area (Å²) < 4.78 is 0. The highest BCUT2D eigenvalue weighted by molar-refractivity contribution is 5.45. The largest absolute Gasteiger partial charge is 0.397 e. The lowest BCUT2D eigenvalue weighted by Crippen LogP contribution is -2.19. The number of pyridine rings is 1. The van der Waals surface area contributed by atoms with Crippen molar-refractivity contribution < 1.29 is 0 Å². The van der Waals surface area contributed by atoms with Crippen LogP contribution in [0.5, 0.6) is 0 Å². The molecule has 0 saturated heterocycles. The lowest BCUT2D eigenvalue weighted by atomic mass is 10.3. The summed E-state index contributed by atoms with van der Waals surface area (Å²) in [6, 6.07) is 3.75. The van der Waals surface area contributed by atoms with Gasteiger partial charge in [0.2, 0.25) is 0 Å². The van der Waals surface area contributed by atoms with Crippen molar-refractivity contribution in [1.29, 1.82) is 0 Å². The molecular weight excluding hydrogens is 162 g/mol. The lowest BCUT2D eigenvalue weighted by Gasteiger charge is -2.17. The zero-order valence-electron chi connectivity index (χ0n) is 8.12. The molecule has 0 radical (unpaired) electrons. The maximum atomic E-state index is 5.53. The van der Waals surface area contributed by atoms with Crippen molar-refractivity contribution in [1.82, 2.24) is 4.98 Å². The second kappa shape index (κ2) is 3.94. The standard InChI is InChI=1S/C10H15N3/c1-8(2)7-13(3)10-5-4-9(11)6-12-10/h4-6H,1,7,11H2,2-3H3. The second-order valence-electron chi connectivity index (χ2n) is 3.26. The zero-order valence-corrected chi connectivity index (χ0v) is 8.12. The van der Waals surface area contributed by atoms with Gasteiger partial charge in [0.25, 0.3) is 0 Å². The molecule has 0 aliphatic heterocycles. The first-order valence-corrected chi connectivity index (χ1v) is 4.16. The van der Waals surface area contributed by atoms with Crippen LogP contribution in [0.1, 0.15) is 6.92 Å². The zero-order chi connectivity index (χ0) is 9.84. The van der Waals surface area contributed by atoms with Gasteiger partial charge in [0.1, 0.15) is 5.82 Å². The third-order valence-electron chi connectivity index (χ3n) is 1.67. The Morgan fingerprint density at radius 3 is 2.77 bits per heavy atom. The van der Waals surface area contributed by atoms with Gasteiger partial charge in [-0.15, -0.1) is 0 Å². The number of nitrogen functional groups attached to an aromatic ring is 1. The highest BCUT2D eigenvalue weighted by Gasteiger charge is 2.00. The van der Waals surface area contributed by atoms with Crippen molar-refractivity contribution in [3.8, 4) is 0 Å². The number of hydrogen-bond acceptors (Lipinski definition) is 3. The highest BCUT2D eigenvalue weighted by atomic mass is 15.2. The molecule has 0 aromatic carbocycles. The fraction of sp³-hybridized carbons (Fsp3) is 0.300. The molecule has 0 amide bonds. The monoisotopic (exact) mass is 177 g/mol. The maximum absolute atomic E-state index is 5.53. The van der Waals surface area contributed by atoms with Crippen LogP contribution < -0.4 is 10.6 Å². The number of hydrogen-bond donors (Lipinski definition) is 1. The van der Waals surface area contributed by atoms with Crippen molar-refractivity contribution in [2.24, 2.45) is 0 Å². The quantitative estimate of drug-likeness (QED) is 0.714. The number of nitrogens with zero attached hydrogens (tertiary/aromatic N) is 2. The Kier molecular flexibility index (Phi) is 2.90. The van der Waals surface area contributed by atoms with Gasteiger partial charge in [-0.1, -0.05) is 12.2 Å². The van der Waals surface area contributed by atoms with Crippen LogP contribution in [-0.4, -0.2) is 18.6 Å². The Bertz CT molecular complexity index is 290. The van der Waals surface area contributed by atoms with Crippen molar-refractivity contribution in [2.45, 2.75) is 6.92 Å². The van der Waals surface area contributed by atoms with Gasteiger partial charge in [-0.25, -0.2) is 4.98 Å². The average Bonchev–Trinajstić information content (AvgIpc) is 2.04. The van der Waals surface area contributed by atoms with E-state index in [1.807, 2.05) is 31.0 Å². The van der Waals surface area contributed by atoms with Gasteiger partial charge in [-0.05, 0) is 19.1 Å². The normalized spacial score (nSPS) is 9.69. The van der Waals surface area contributed by atoms with E-state index >= 15 is 0 Å². The molecule has 3 nitrogen and oxygen atoms in total. The van der Waals surface area contributed by atoms with Gasteiger partial charge in [-0.3, -0.25) is 0 Å². The highest BCUT2D eigenvalue weighted by Crippen LogP contribution is 2.11. The molecule has 0 spiro atoms. The van der Waals surface area contributed by atoms with Crippen LogP contribution >= 0.6 is 0 Å². The SMILES string of the molecule is C=C(C)CN(C)c1ccc(N)cn1. The van der Waals surface area contributed by atoms with Gasteiger partial charge >= 0.3 is 0 Å². The van der Waals surface area contributed by atoms with Crippen LogP contribution in [-0.2, 0) is 0 Å². The van der Waals surface area contributed by atoms with Gasteiger partial charge in [0.05, 0.1) is 11.9 Å². The van der Waals surface area contributed by atoms with Crippen molar-refractivity contribution in [2.75, 3.05) is 24.2 Å². The van der Waals surface area contributed by atoms with Crippen LogP contribution in [0, 0.1) is 0 Å². The first-order chi connectivity index (χ1) is 6.09. The topological polar surface area (TPSA) is 42.1 Å². The molecule has 70 valence electrons. The molecule has 1 rings (SSSR count). The molecule has 1 heterocycles. The molecule has 0 atom stereocenters. The van der Waals surface area contributed by atoms with Gasteiger partial charge in [0.15, 0.2) is 0 Å². The van der Waals surface area contributed by atoms with Crippen LogP contribution in [0.3, 0.4) is 0 Å². The van der Waals surface area contributed by atoms with Crippen molar-refractivity contribution >= 4 is 11.5 Å². The molecule has 3 heteroatoms. The number of likely N-dealkylation sites (N-methyl/N-ethyl adjacent to an activating group) is 1. The molecule has 1 aromatic rings. The van der Waals surface area contributed by atoms with E-state index in [-0.39, 0.29) is 0 Å². The predicted octanol–water partition coefficient (Wildman–Crippen LogP) is 1.68. The smallest absolute Gasteiger partial charge is 0.128 e. The Labute approximate surface area is 78.9 Å². The molecule has 0 aliphatic rings. The third kappa shape index (κ3) is 2.78. The molecule has 0 fully saturated rings. The molecule has 0 aliphatic carbocycles. The molecule has 0 unspecified atom stereocenters. The van der Waals surface area contributed by atoms with E-state index in [2.05, 4.69) is 11.6 Å². The van der Waals surface area contributed by atoms with Gasteiger partial charge < -0.3 is 10.6 Å². The Morgan fingerprint density at radius 1 is 1.62 bits per heavy atom. The Balaban J connectivity index is 2.71. The van der Waals surface area contributed by atoms with E-state index < -0.39 is 0 Å². The van der Waals surface area contributed by atoms with E-state index in [1.54, 1.807) is 6.20 Å². The molecule has 0 saturated carbocycles. The van der Waals surface area contributed by atoms with E-state index in [0.29, 0.717) is 5.69 Å². The average molecular weight is 177 g/mol. The van der Waals surface area contributed by atoms with Gasteiger partial charge in [-0.2, -0.15) is 0 Å². The van der Waals surface area contributed by atoms with E-state index in [1.165, 1.54) is 0 Å².